The van der Waals surface area contributed by atoms with Crippen LogP contribution in [0.4, 0.5) is 0 Å². The van der Waals surface area contributed by atoms with E-state index in [1.54, 1.807) is 13.3 Å². The Balaban J connectivity index is 1.69. The Morgan fingerprint density at radius 3 is 3.00 bits per heavy atom. The van der Waals surface area contributed by atoms with Gasteiger partial charge >= 0.3 is 0 Å². The third kappa shape index (κ3) is 2.93. The summed E-state index contributed by atoms with van der Waals surface area (Å²) in [5.41, 5.74) is 3.39. The van der Waals surface area contributed by atoms with Gasteiger partial charge in [0.1, 0.15) is 17.1 Å². The van der Waals surface area contributed by atoms with E-state index in [1.807, 2.05) is 58.8 Å². The van der Waals surface area contributed by atoms with Crippen LogP contribution < -0.4 is 10.1 Å². The quantitative estimate of drug-likeness (QED) is 0.788. The number of imidazole rings is 1. The maximum Gasteiger partial charge on any atom is 0.274 e. The highest BCUT2D eigenvalue weighted by Gasteiger charge is 2.31. The van der Waals surface area contributed by atoms with Crippen LogP contribution in [-0.2, 0) is 0 Å². The number of pyridine rings is 1. The third-order valence-corrected chi connectivity index (χ3v) is 4.84. The number of hydrogen-bond donors (Lipinski definition) is 1. The molecule has 0 aliphatic carbocycles. The van der Waals surface area contributed by atoms with E-state index < -0.39 is 0 Å². The van der Waals surface area contributed by atoms with Gasteiger partial charge < -0.3 is 19.4 Å². The fraction of sp³-hybridized carbons (Fsp3) is 0.300. The van der Waals surface area contributed by atoms with Crippen molar-refractivity contribution >= 4 is 11.6 Å². The number of methoxy groups -OCH3 is 1. The third-order valence-electron chi connectivity index (χ3n) is 4.84. The molecule has 1 amide bonds. The first-order chi connectivity index (χ1) is 12.7. The van der Waals surface area contributed by atoms with Gasteiger partial charge in [0, 0.05) is 37.6 Å². The molecule has 134 valence electrons. The standard InChI is InChI=1S/C20H22N4O2/c1-14-7-9-23-13-16(22-19(23)11-14)20(25)24-10-8-21-12-17(24)15-5-3-4-6-18(15)26-2/h3-7,9,11,13,17,21H,8,10,12H2,1-2H3. The van der Waals surface area contributed by atoms with Gasteiger partial charge in [-0.2, -0.15) is 0 Å². The van der Waals surface area contributed by atoms with Crippen LogP contribution in [0.25, 0.3) is 5.65 Å². The van der Waals surface area contributed by atoms with Gasteiger partial charge in [-0.05, 0) is 30.7 Å². The number of amides is 1. The average molecular weight is 350 g/mol. The second-order valence-corrected chi connectivity index (χ2v) is 6.56. The molecule has 1 saturated heterocycles. The zero-order valence-corrected chi connectivity index (χ0v) is 15.0. The highest BCUT2D eigenvalue weighted by Crippen LogP contribution is 2.31. The molecule has 0 radical (unpaired) electrons. The summed E-state index contributed by atoms with van der Waals surface area (Å²) in [5.74, 6) is 0.744. The van der Waals surface area contributed by atoms with E-state index in [2.05, 4.69) is 10.3 Å². The van der Waals surface area contributed by atoms with Crippen molar-refractivity contribution in [1.29, 1.82) is 0 Å². The molecule has 0 saturated carbocycles. The Bertz CT molecular complexity index is 950. The molecule has 6 heteroatoms. The van der Waals surface area contributed by atoms with Crippen LogP contribution in [0.5, 0.6) is 5.75 Å². The molecule has 3 aromatic rings. The maximum absolute atomic E-state index is 13.2. The van der Waals surface area contributed by atoms with Crippen molar-refractivity contribution in [1.82, 2.24) is 19.6 Å². The summed E-state index contributed by atoms with van der Waals surface area (Å²) in [5, 5.41) is 3.38. The number of aromatic nitrogens is 2. The molecule has 6 nitrogen and oxygen atoms in total. The van der Waals surface area contributed by atoms with E-state index >= 15 is 0 Å². The smallest absolute Gasteiger partial charge is 0.274 e. The number of piperazine rings is 1. The molecular weight excluding hydrogens is 328 g/mol. The van der Waals surface area contributed by atoms with Crippen molar-refractivity contribution in [2.24, 2.45) is 0 Å². The number of carbonyl (C=O) groups is 1. The van der Waals surface area contributed by atoms with Gasteiger partial charge in [0.05, 0.1) is 13.2 Å². The fourth-order valence-corrected chi connectivity index (χ4v) is 3.50. The van der Waals surface area contributed by atoms with Crippen molar-refractivity contribution in [3.63, 3.8) is 0 Å². The second kappa shape index (κ2) is 6.80. The highest BCUT2D eigenvalue weighted by molar-refractivity contribution is 5.93. The number of benzene rings is 1. The SMILES string of the molecule is COc1ccccc1C1CNCCN1C(=O)c1cn2ccc(C)cc2n1. The van der Waals surface area contributed by atoms with Crippen molar-refractivity contribution < 1.29 is 9.53 Å². The van der Waals surface area contributed by atoms with E-state index in [0.29, 0.717) is 18.8 Å². The molecular formula is C20H22N4O2. The molecule has 1 unspecified atom stereocenters. The summed E-state index contributed by atoms with van der Waals surface area (Å²) in [6.07, 6.45) is 3.74. The Labute approximate surface area is 152 Å². The predicted octanol–water partition coefficient (Wildman–Crippen LogP) is 2.44. The number of para-hydroxylation sites is 1. The molecule has 3 heterocycles. The monoisotopic (exact) mass is 350 g/mol. The molecule has 1 fully saturated rings. The predicted molar refractivity (Wildman–Crippen MR) is 99.6 cm³/mol. The van der Waals surface area contributed by atoms with Gasteiger partial charge in [-0.3, -0.25) is 4.79 Å². The molecule has 1 aliphatic heterocycles. The topological polar surface area (TPSA) is 58.9 Å². The van der Waals surface area contributed by atoms with Gasteiger partial charge in [-0.1, -0.05) is 18.2 Å². The summed E-state index contributed by atoms with van der Waals surface area (Å²) in [7, 11) is 1.66. The molecule has 4 rings (SSSR count). The van der Waals surface area contributed by atoms with Crippen LogP contribution in [0.1, 0.15) is 27.7 Å². The summed E-state index contributed by atoms with van der Waals surface area (Å²) in [4.78, 5) is 19.7. The molecule has 1 atom stereocenters. The van der Waals surface area contributed by atoms with Crippen LogP contribution in [0.3, 0.4) is 0 Å². The first kappa shape index (κ1) is 16.6. The maximum atomic E-state index is 13.2. The molecule has 1 N–H and O–H groups in total. The van der Waals surface area contributed by atoms with E-state index in [9.17, 15) is 4.79 Å². The van der Waals surface area contributed by atoms with Gasteiger partial charge in [0.2, 0.25) is 0 Å². The average Bonchev–Trinajstić information content (AvgIpc) is 3.10. The summed E-state index contributed by atoms with van der Waals surface area (Å²) >= 11 is 0. The van der Waals surface area contributed by atoms with Crippen LogP contribution in [0.2, 0.25) is 0 Å². The number of rotatable bonds is 3. The molecule has 1 aliphatic rings. The lowest BCUT2D eigenvalue weighted by molar-refractivity contribution is 0.0626. The van der Waals surface area contributed by atoms with E-state index in [1.165, 1.54) is 0 Å². The lowest BCUT2D eigenvalue weighted by Gasteiger charge is -2.36. The molecule has 0 bridgehead atoms. The van der Waals surface area contributed by atoms with Gasteiger partial charge in [0.25, 0.3) is 5.91 Å². The van der Waals surface area contributed by atoms with Gasteiger partial charge in [-0.25, -0.2) is 4.98 Å². The Morgan fingerprint density at radius 2 is 2.15 bits per heavy atom. The number of fused-ring (bicyclic) bond motifs is 1. The number of nitrogens with one attached hydrogen (secondary N) is 1. The number of nitrogens with zero attached hydrogens (tertiary/aromatic N) is 3. The summed E-state index contributed by atoms with van der Waals surface area (Å²) in [6, 6.07) is 11.8. The first-order valence-electron chi connectivity index (χ1n) is 8.77. The Kier molecular flexibility index (Phi) is 4.34. The molecule has 26 heavy (non-hydrogen) atoms. The normalized spacial score (nSPS) is 17.5. The van der Waals surface area contributed by atoms with Crippen LogP contribution in [-0.4, -0.2) is 46.9 Å². The largest absolute Gasteiger partial charge is 0.496 e. The zero-order chi connectivity index (χ0) is 18.1. The minimum atomic E-state index is -0.0843. The van der Waals surface area contributed by atoms with Crippen LogP contribution >= 0.6 is 0 Å². The zero-order valence-electron chi connectivity index (χ0n) is 15.0. The van der Waals surface area contributed by atoms with Crippen LogP contribution in [0, 0.1) is 6.92 Å². The molecule has 1 aromatic carbocycles. The second-order valence-electron chi connectivity index (χ2n) is 6.56. The Hall–Kier alpha value is -2.86. The Morgan fingerprint density at radius 1 is 1.31 bits per heavy atom. The number of aryl methyl sites for hydroxylation is 1. The first-order valence-corrected chi connectivity index (χ1v) is 8.77. The molecule has 2 aromatic heterocycles. The minimum absolute atomic E-state index is 0.0521. The van der Waals surface area contributed by atoms with Crippen molar-refractivity contribution in [2.75, 3.05) is 26.7 Å². The van der Waals surface area contributed by atoms with Crippen molar-refractivity contribution in [3.8, 4) is 5.75 Å². The fourth-order valence-electron chi connectivity index (χ4n) is 3.50. The number of ether oxygens (including phenoxy) is 1. The summed E-state index contributed by atoms with van der Waals surface area (Å²) in [6.45, 7) is 4.11. The van der Waals surface area contributed by atoms with Crippen LogP contribution in [0.15, 0.2) is 48.8 Å². The van der Waals surface area contributed by atoms with E-state index in [-0.39, 0.29) is 11.9 Å². The molecule has 0 spiro atoms. The van der Waals surface area contributed by atoms with Crippen molar-refractivity contribution in [2.45, 2.75) is 13.0 Å². The lowest BCUT2D eigenvalue weighted by atomic mass is 10.0. The van der Waals surface area contributed by atoms with Gasteiger partial charge in [-0.15, -0.1) is 0 Å². The highest BCUT2D eigenvalue weighted by atomic mass is 16.5. The lowest BCUT2D eigenvalue weighted by Crippen LogP contribution is -2.48. The number of carbonyl (C=O) groups excluding carboxylic acids is 1. The van der Waals surface area contributed by atoms with E-state index in [0.717, 1.165) is 29.1 Å². The van der Waals surface area contributed by atoms with Crippen molar-refractivity contribution in [3.05, 3.63) is 65.6 Å². The number of hydrogen-bond acceptors (Lipinski definition) is 4. The summed E-state index contributed by atoms with van der Waals surface area (Å²) < 4.78 is 7.40. The minimum Gasteiger partial charge on any atom is -0.496 e. The van der Waals surface area contributed by atoms with E-state index in [4.69, 9.17) is 4.74 Å². The van der Waals surface area contributed by atoms with Gasteiger partial charge in [0.15, 0.2) is 0 Å².